The van der Waals surface area contributed by atoms with Crippen LogP contribution in [0, 0.1) is 17.0 Å². The third kappa shape index (κ3) is 7.25. The highest BCUT2D eigenvalue weighted by molar-refractivity contribution is 14.0. The zero-order chi connectivity index (χ0) is 19.8. The normalized spacial score (nSPS) is 11.0. The molecule has 2 aromatic carbocycles. The molecule has 0 aliphatic rings. The predicted octanol–water partition coefficient (Wildman–Crippen LogP) is 3.99. The lowest BCUT2D eigenvalue weighted by Crippen LogP contribution is -2.36. The molecule has 0 aliphatic carbocycles. The van der Waals surface area contributed by atoms with Gasteiger partial charge in [-0.25, -0.2) is 0 Å². The maximum atomic E-state index is 12.5. The van der Waals surface area contributed by atoms with Crippen LogP contribution in [-0.4, -0.2) is 24.5 Å². The van der Waals surface area contributed by atoms with E-state index >= 15 is 0 Å². The van der Waals surface area contributed by atoms with Gasteiger partial charge in [-0.1, -0.05) is 29.8 Å². The van der Waals surface area contributed by atoms with Gasteiger partial charge < -0.3 is 15.4 Å². The molecule has 0 saturated carbocycles. The van der Waals surface area contributed by atoms with Crippen molar-refractivity contribution in [3.05, 3.63) is 69.3 Å². The summed E-state index contributed by atoms with van der Waals surface area (Å²) in [6, 6.07) is 11.1. The van der Waals surface area contributed by atoms with E-state index in [0.717, 1.165) is 11.1 Å². The Balaban J connectivity index is 0.00000392. The van der Waals surface area contributed by atoms with Crippen LogP contribution in [-0.2, 0) is 13.1 Å². The number of aliphatic imine (C=N–C) groups is 1. The van der Waals surface area contributed by atoms with Crippen LogP contribution in [0.4, 0.5) is 14.5 Å². The first-order chi connectivity index (χ1) is 12.9. The van der Waals surface area contributed by atoms with Crippen molar-refractivity contribution in [2.75, 3.05) is 7.05 Å². The Hall–Kier alpha value is -2.50. The molecule has 0 aliphatic heterocycles. The first-order valence-corrected chi connectivity index (χ1v) is 8.11. The quantitative estimate of drug-likeness (QED) is 0.195. The minimum absolute atomic E-state index is 0. The summed E-state index contributed by atoms with van der Waals surface area (Å²) in [7, 11) is 1.58. The molecule has 7 nitrogen and oxygen atoms in total. The summed E-state index contributed by atoms with van der Waals surface area (Å²) in [5.41, 5.74) is 2.35. The average Bonchev–Trinajstić information content (AvgIpc) is 2.64. The van der Waals surface area contributed by atoms with E-state index in [1.807, 2.05) is 6.92 Å². The van der Waals surface area contributed by atoms with Crippen molar-refractivity contribution in [1.82, 2.24) is 10.6 Å². The number of aryl methyl sites for hydroxylation is 1. The van der Waals surface area contributed by atoms with Gasteiger partial charge in [-0.15, -0.1) is 24.0 Å². The van der Waals surface area contributed by atoms with Crippen LogP contribution in [0.1, 0.15) is 16.7 Å². The summed E-state index contributed by atoms with van der Waals surface area (Å²) in [5.74, 6) is 0.562. The predicted molar refractivity (Wildman–Crippen MR) is 113 cm³/mol. The van der Waals surface area contributed by atoms with Gasteiger partial charge >= 0.3 is 6.61 Å². The molecule has 0 spiro atoms. The Morgan fingerprint density at radius 2 is 1.82 bits per heavy atom. The van der Waals surface area contributed by atoms with Crippen LogP contribution < -0.4 is 15.4 Å². The number of hydrogen-bond acceptors (Lipinski definition) is 4. The summed E-state index contributed by atoms with van der Waals surface area (Å²) in [6.07, 6.45) is 0. The maximum absolute atomic E-state index is 12.5. The van der Waals surface area contributed by atoms with E-state index in [1.165, 1.54) is 18.2 Å². The van der Waals surface area contributed by atoms with Gasteiger partial charge in [0.05, 0.1) is 4.92 Å². The molecule has 28 heavy (non-hydrogen) atoms. The second-order valence-corrected chi connectivity index (χ2v) is 5.69. The summed E-state index contributed by atoms with van der Waals surface area (Å²) in [5, 5.41) is 16.8. The molecular formula is C18H21F2IN4O3. The van der Waals surface area contributed by atoms with Gasteiger partial charge in [-0.2, -0.15) is 8.78 Å². The number of nitro groups is 1. The van der Waals surface area contributed by atoms with Crippen molar-refractivity contribution in [3.63, 3.8) is 0 Å². The van der Waals surface area contributed by atoms with Crippen molar-refractivity contribution in [2.45, 2.75) is 26.6 Å². The van der Waals surface area contributed by atoms with E-state index in [9.17, 15) is 18.9 Å². The van der Waals surface area contributed by atoms with Gasteiger partial charge in [0, 0.05) is 37.8 Å². The van der Waals surface area contributed by atoms with E-state index in [2.05, 4.69) is 20.4 Å². The second kappa shape index (κ2) is 11.4. The molecule has 0 fully saturated rings. The molecule has 2 N–H and O–H groups in total. The van der Waals surface area contributed by atoms with Crippen LogP contribution in [0.15, 0.2) is 47.5 Å². The number of nitrogens with zero attached hydrogens (tertiary/aromatic N) is 2. The SMILES string of the molecule is CN=C(NCc1ccc([N+](=O)[O-])cc1)NCc1cc(C)ccc1OC(F)F.I. The minimum atomic E-state index is -2.90. The zero-order valence-electron chi connectivity index (χ0n) is 15.3. The number of alkyl halides is 2. The molecule has 0 saturated heterocycles. The molecular weight excluding hydrogens is 485 g/mol. The number of rotatable bonds is 7. The van der Waals surface area contributed by atoms with Crippen LogP contribution in [0.25, 0.3) is 0 Å². The highest BCUT2D eigenvalue weighted by Gasteiger charge is 2.11. The first kappa shape index (κ1) is 23.5. The molecule has 0 bridgehead atoms. The van der Waals surface area contributed by atoms with Gasteiger partial charge in [-0.3, -0.25) is 15.1 Å². The van der Waals surface area contributed by atoms with E-state index in [1.54, 1.807) is 31.3 Å². The van der Waals surface area contributed by atoms with E-state index in [4.69, 9.17) is 0 Å². The molecule has 2 aromatic rings. The topological polar surface area (TPSA) is 88.8 Å². The van der Waals surface area contributed by atoms with Crippen molar-refractivity contribution in [3.8, 4) is 5.75 Å². The Kier molecular flexibility index (Phi) is 9.56. The maximum Gasteiger partial charge on any atom is 0.387 e. The lowest BCUT2D eigenvalue weighted by Gasteiger charge is -2.15. The standard InChI is InChI=1S/C18H20F2N4O3.HI/c1-12-3-8-16(27-17(19)20)14(9-12)11-23-18(21-2)22-10-13-4-6-15(7-5-13)24(25)26;/h3-9,17H,10-11H2,1-2H3,(H2,21,22,23);1H. The summed E-state index contributed by atoms with van der Waals surface area (Å²) in [6.45, 7) is -0.404. The fourth-order valence-electron chi connectivity index (χ4n) is 2.38. The van der Waals surface area contributed by atoms with Gasteiger partial charge in [0.2, 0.25) is 0 Å². The largest absolute Gasteiger partial charge is 0.434 e. The molecule has 0 heterocycles. The minimum Gasteiger partial charge on any atom is -0.434 e. The van der Waals surface area contributed by atoms with E-state index in [0.29, 0.717) is 18.1 Å². The third-order valence-electron chi connectivity index (χ3n) is 3.71. The fraction of sp³-hybridized carbons (Fsp3) is 0.278. The molecule has 0 atom stereocenters. The number of benzene rings is 2. The van der Waals surface area contributed by atoms with E-state index < -0.39 is 11.5 Å². The van der Waals surface area contributed by atoms with Crippen LogP contribution >= 0.6 is 24.0 Å². The van der Waals surface area contributed by atoms with Crippen LogP contribution in [0.3, 0.4) is 0 Å². The zero-order valence-corrected chi connectivity index (χ0v) is 17.6. The van der Waals surface area contributed by atoms with Crippen molar-refractivity contribution < 1.29 is 18.4 Å². The highest BCUT2D eigenvalue weighted by atomic mass is 127. The van der Waals surface area contributed by atoms with Gasteiger partial charge in [0.15, 0.2) is 5.96 Å². The van der Waals surface area contributed by atoms with Crippen molar-refractivity contribution in [2.24, 2.45) is 4.99 Å². The lowest BCUT2D eigenvalue weighted by atomic mass is 10.1. The Bertz CT molecular complexity index is 817. The first-order valence-electron chi connectivity index (χ1n) is 8.11. The van der Waals surface area contributed by atoms with E-state index in [-0.39, 0.29) is 42.0 Å². The Morgan fingerprint density at radius 1 is 1.18 bits per heavy atom. The number of hydrogen-bond donors (Lipinski definition) is 2. The van der Waals surface area contributed by atoms with Gasteiger partial charge in [-0.05, 0) is 18.6 Å². The number of non-ortho nitro benzene ring substituents is 1. The summed E-state index contributed by atoms with van der Waals surface area (Å²) >= 11 is 0. The third-order valence-corrected chi connectivity index (χ3v) is 3.71. The highest BCUT2D eigenvalue weighted by Crippen LogP contribution is 2.22. The molecule has 0 unspecified atom stereocenters. The van der Waals surface area contributed by atoms with Crippen LogP contribution in [0.5, 0.6) is 5.75 Å². The van der Waals surface area contributed by atoms with Gasteiger partial charge in [0.1, 0.15) is 5.75 Å². The monoisotopic (exact) mass is 506 g/mol. The molecule has 0 aromatic heterocycles. The average molecular weight is 506 g/mol. The smallest absolute Gasteiger partial charge is 0.387 e. The Labute approximate surface area is 178 Å². The molecule has 0 amide bonds. The van der Waals surface area contributed by atoms with Gasteiger partial charge in [0.25, 0.3) is 5.69 Å². The Morgan fingerprint density at radius 3 is 2.39 bits per heavy atom. The number of guanidine groups is 1. The van der Waals surface area contributed by atoms with Crippen molar-refractivity contribution in [1.29, 1.82) is 0 Å². The molecule has 0 radical (unpaired) electrons. The lowest BCUT2D eigenvalue weighted by molar-refractivity contribution is -0.384. The number of halogens is 3. The van der Waals surface area contributed by atoms with Crippen LogP contribution in [0.2, 0.25) is 0 Å². The fourth-order valence-corrected chi connectivity index (χ4v) is 2.38. The second-order valence-electron chi connectivity index (χ2n) is 5.69. The molecule has 2 rings (SSSR count). The summed E-state index contributed by atoms with van der Waals surface area (Å²) < 4.78 is 29.6. The number of nitro benzene ring substituents is 1. The molecule has 10 heteroatoms. The number of ether oxygens (including phenoxy) is 1. The molecule has 152 valence electrons. The number of nitrogens with one attached hydrogen (secondary N) is 2. The summed E-state index contributed by atoms with van der Waals surface area (Å²) in [4.78, 5) is 14.3. The van der Waals surface area contributed by atoms with Crippen molar-refractivity contribution >= 4 is 35.6 Å².